The highest BCUT2D eigenvalue weighted by Gasteiger charge is 2.19. The van der Waals surface area contributed by atoms with Crippen molar-refractivity contribution in [2.75, 3.05) is 19.7 Å². The van der Waals surface area contributed by atoms with E-state index in [2.05, 4.69) is 11.8 Å². The molecule has 3 heteroatoms. The van der Waals surface area contributed by atoms with Crippen LogP contribution in [0.1, 0.15) is 51.0 Å². The van der Waals surface area contributed by atoms with Crippen LogP contribution in [0.2, 0.25) is 0 Å². The van der Waals surface area contributed by atoms with Crippen LogP contribution in [-0.2, 0) is 11.3 Å². The molecule has 1 heterocycles. The van der Waals surface area contributed by atoms with E-state index in [4.69, 9.17) is 4.74 Å². The molecule has 1 N–H and O–H groups in total. The third-order valence-electron chi connectivity index (χ3n) is 4.20. The molecule has 0 aliphatic carbocycles. The summed E-state index contributed by atoms with van der Waals surface area (Å²) in [5.41, 5.74) is 1.02. The number of phenols is 1. The molecule has 3 nitrogen and oxygen atoms in total. The van der Waals surface area contributed by atoms with E-state index in [-0.39, 0.29) is 0 Å². The Labute approximate surface area is 128 Å². The van der Waals surface area contributed by atoms with E-state index in [9.17, 15) is 5.11 Å². The molecule has 1 unspecified atom stereocenters. The third-order valence-corrected chi connectivity index (χ3v) is 4.20. The first-order chi connectivity index (χ1) is 10.3. The molecule has 118 valence electrons. The summed E-state index contributed by atoms with van der Waals surface area (Å²) >= 11 is 0. The monoisotopic (exact) mass is 291 g/mol. The molecule has 0 aromatic heterocycles. The summed E-state index contributed by atoms with van der Waals surface area (Å²) in [4.78, 5) is 2.45. The number of hydrogen-bond donors (Lipinski definition) is 1. The van der Waals surface area contributed by atoms with Crippen LogP contribution in [0.5, 0.6) is 5.75 Å². The quantitative estimate of drug-likeness (QED) is 0.699. The average molecular weight is 291 g/mol. The molecule has 1 aliphatic rings. The van der Waals surface area contributed by atoms with Crippen molar-refractivity contribution in [2.45, 2.75) is 58.1 Å². The molecule has 1 saturated heterocycles. The Balaban J connectivity index is 1.88. The van der Waals surface area contributed by atoms with Gasteiger partial charge in [-0.1, -0.05) is 44.4 Å². The lowest BCUT2D eigenvalue weighted by Crippen LogP contribution is -2.32. The molecule has 1 aromatic rings. The molecule has 0 saturated carbocycles. The van der Waals surface area contributed by atoms with Gasteiger partial charge in [0.25, 0.3) is 0 Å². The summed E-state index contributed by atoms with van der Waals surface area (Å²) < 4.78 is 5.77. The van der Waals surface area contributed by atoms with Gasteiger partial charge in [-0.25, -0.2) is 0 Å². The van der Waals surface area contributed by atoms with Crippen LogP contribution in [0.4, 0.5) is 0 Å². The van der Waals surface area contributed by atoms with Gasteiger partial charge < -0.3 is 9.84 Å². The summed E-state index contributed by atoms with van der Waals surface area (Å²) in [7, 11) is 0. The highest BCUT2D eigenvalue weighted by molar-refractivity contribution is 5.31. The Bertz CT molecular complexity index is 402. The second kappa shape index (κ2) is 9.06. The van der Waals surface area contributed by atoms with Crippen molar-refractivity contribution in [1.29, 1.82) is 0 Å². The molecular weight excluding hydrogens is 262 g/mol. The molecule has 1 aromatic carbocycles. The van der Waals surface area contributed by atoms with Crippen molar-refractivity contribution in [3.8, 4) is 5.75 Å². The zero-order valence-electron chi connectivity index (χ0n) is 13.3. The normalized spacial score (nSPS) is 18.5. The zero-order valence-corrected chi connectivity index (χ0v) is 13.3. The number of ether oxygens (including phenoxy) is 1. The average Bonchev–Trinajstić information content (AvgIpc) is 2.99. The number of unbranched alkanes of at least 4 members (excludes halogenated alkanes) is 3. The highest BCUT2D eigenvalue weighted by Crippen LogP contribution is 2.20. The van der Waals surface area contributed by atoms with Crippen molar-refractivity contribution in [3.05, 3.63) is 29.8 Å². The van der Waals surface area contributed by atoms with Crippen molar-refractivity contribution in [2.24, 2.45) is 0 Å². The van der Waals surface area contributed by atoms with Crippen LogP contribution >= 0.6 is 0 Å². The zero-order chi connectivity index (χ0) is 14.9. The Kier molecular flexibility index (Phi) is 7.04. The molecule has 1 atom stereocenters. The van der Waals surface area contributed by atoms with Crippen molar-refractivity contribution < 1.29 is 9.84 Å². The van der Waals surface area contributed by atoms with E-state index < -0.39 is 0 Å². The van der Waals surface area contributed by atoms with E-state index in [1.54, 1.807) is 6.07 Å². The predicted molar refractivity (Wildman–Crippen MR) is 86.5 cm³/mol. The maximum Gasteiger partial charge on any atom is 0.120 e. The van der Waals surface area contributed by atoms with E-state index in [0.717, 1.165) is 31.8 Å². The Morgan fingerprint density at radius 3 is 2.81 bits per heavy atom. The van der Waals surface area contributed by atoms with Crippen LogP contribution in [0, 0.1) is 0 Å². The lowest BCUT2D eigenvalue weighted by molar-refractivity contribution is 0.0696. The first-order valence-electron chi connectivity index (χ1n) is 8.40. The first kappa shape index (κ1) is 16.3. The molecule has 0 bridgehead atoms. The largest absolute Gasteiger partial charge is 0.508 e. The minimum atomic E-state index is 0.377. The van der Waals surface area contributed by atoms with Gasteiger partial charge in [0.1, 0.15) is 5.75 Å². The Morgan fingerprint density at radius 2 is 2.10 bits per heavy atom. The number of hydrogen-bond acceptors (Lipinski definition) is 3. The lowest BCUT2D eigenvalue weighted by Gasteiger charge is -2.25. The van der Waals surface area contributed by atoms with Gasteiger partial charge in [-0.3, -0.25) is 4.90 Å². The van der Waals surface area contributed by atoms with Crippen LogP contribution in [0.15, 0.2) is 24.3 Å². The van der Waals surface area contributed by atoms with Gasteiger partial charge in [0.15, 0.2) is 0 Å². The maximum absolute atomic E-state index is 9.97. The summed E-state index contributed by atoms with van der Waals surface area (Å²) in [5, 5.41) is 9.97. The SMILES string of the molecule is CCCCCCN(Cc1ccccc1O)CC1CCCO1. The number of nitrogens with zero attached hydrogens (tertiary/aromatic N) is 1. The summed E-state index contributed by atoms with van der Waals surface area (Å²) in [5.74, 6) is 0.406. The molecule has 2 rings (SSSR count). The fraction of sp³-hybridized carbons (Fsp3) is 0.667. The Hall–Kier alpha value is -1.06. The van der Waals surface area contributed by atoms with Crippen LogP contribution < -0.4 is 0 Å². The topological polar surface area (TPSA) is 32.7 Å². The van der Waals surface area contributed by atoms with Gasteiger partial charge in [-0.05, 0) is 31.9 Å². The van der Waals surface area contributed by atoms with E-state index >= 15 is 0 Å². The fourth-order valence-corrected chi connectivity index (χ4v) is 2.96. The molecule has 0 amide bonds. The molecule has 0 radical (unpaired) electrons. The van der Waals surface area contributed by atoms with Crippen molar-refractivity contribution >= 4 is 0 Å². The standard InChI is InChI=1S/C18H29NO2/c1-2-3-4-7-12-19(15-17-10-8-13-21-17)14-16-9-5-6-11-18(16)20/h5-6,9,11,17,20H,2-4,7-8,10,12-15H2,1H3. The molecule has 0 spiro atoms. The number of phenolic OH excluding ortho intramolecular Hbond substituents is 1. The highest BCUT2D eigenvalue weighted by atomic mass is 16.5. The van der Waals surface area contributed by atoms with Crippen molar-refractivity contribution in [3.63, 3.8) is 0 Å². The molecular formula is C18H29NO2. The predicted octanol–water partition coefficient (Wildman–Crippen LogP) is 3.95. The van der Waals surface area contributed by atoms with Gasteiger partial charge in [0.2, 0.25) is 0 Å². The van der Waals surface area contributed by atoms with E-state index in [1.807, 2.05) is 18.2 Å². The van der Waals surface area contributed by atoms with Crippen LogP contribution in [-0.4, -0.2) is 35.8 Å². The van der Waals surface area contributed by atoms with E-state index in [1.165, 1.54) is 38.5 Å². The lowest BCUT2D eigenvalue weighted by atomic mass is 10.1. The second-order valence-corrected chi connectivity index (χ2v) is 6.06. The van der Waals surface area contributed by atoms with Gasteiger partial charge in [-0.15, -0.1) is 0 Å². The number of aromatic hydroxyl groups is 1. The number of para-hydroxylation sites is 1. The van der Waals surface area contributed by atoms with Crippen LogP contribution in [0.3, 0.4) is 0 Å². The Morgan fingerprint density at radius 1 is 1.24 bits per heavy atom. The van der Waals surface area contributed by atoms with Crippen molar-refractivity contribution in [1.82, 2.24) is 4.90 Å². The minimum absolute atomic E-state index is 0.377. The van der Waals surface area contributed by atoms with Gasteiger partial charge in [0.05, 0.1) is 6.10 Å². The summed E-state index contributed by atoms with van der Waals surface area (Å²) in [6.45, 7) is 6.05. The number of rotatable bonds is 9. The third kappa shape index (κ3) is 5.68. The van der Waals surface area contributed by atoms with Gasteiger partial charge in [-0.2, -0.15) is 0 Å². The number of benzene rings is 1. The minimum Gasteiger partial charge on any atom is -0.508 e. The van der Waals surface area contributed by atoms with E-state index in [0.29, 0.717) is 11.9 Å². The maximum atomic E-state index is 9.97. The van der Waals surface area contributed by atoms with Gasteiger partial charge >= 0.3 is 0 Å². The fourth-order valence-electron chi connectivity index (χ4n) is 2.96. The first-order valence-corrected chi connectivity index (χ1v) is 8.40. The smallest absolute Gasteiger partial charge is 0.120 e. The summed E-state index contributed by atoms with van der Waals surface area (Å²) in [6, 6.07) is 7.67. The van der Waals surface area contributed by atoms with Crippen LogP contribution in [0.25, 0.3) is 0 Å². The second-order valence-electron chi connectivity index (χ2n) is 6.06. The summed E-state index contributed by atoms with van der Waals surface area (Å²) in [6.07, 6.45) is 7.84. The molecule has 1 fully saturated rings. The molecule has 1 aliphatic heterocycles. The van der Waals surface area contributed by atoms with Gasteiger partial charge in [0, 0.05) is 25.3 Å². The molecule has 21 heavy (non-hydrogen) atoms.